The van der Waals surface area contributed by atoms with E-state index in [9.17, 15) is 0 Å². The first kappa shape index (κ1) is 15.0. The third-order valence-corrected chi connectivity index (χ3v) is 3.31. The molecule has 0 radical (unpaired) electrons. The lowest BCUT2D eigenvalue weighted by Crippen LogP contribution is -2.38. The maximum atomic E-state index is 6.16. The van der Waals surface area contributed by atoms with Gasteiger partial charge < -0.3 is 10.5 Å². The molecule has 0 saturated carbocycles. The van der Waals surface area contributed by atoms with Crippen LogP contribution in [0.25, 0.3) is 0 Å². The van der Waals surface area contributed by atoms with E-state index in [1.54, 1.807) is 0 Å². The summed E-state index contributed by atoms with van der Waals surface area (Å²) in [5.41, 5.74) is 7.47. The van der Waals surface area contributed by atoms with Gasteiger partial charge >= 0.3 is 0 Å². The molecule has 2 unspecified atom stereocenters. The van der Waals surface area contributed by atoms with E-state index in [0.717, 1.165) is 25.0 Å². The first-order chi connectivity index (χ1) is 8.58. The van der Waals surface area contributed by atoms with Crippen molar-refractivity contribution in [2.75, 3.05) is 0 Å². The van der Waals surface area contributed by atoms with Crippen LogP contribution in [0, 0.1) is 0 Å². The third-order valence-electron chi connectivity index (χ3n) is 3.31. The summed E-state index contributed by atoms with van der Waals surface area (Å²) >= 11 is 0. The lowest BCUT2D eigenvalue weighted by Gasteiger charge is -2.24. The summed E-state index contributed by atoms with van der Waals surface area (Å²) in [5, 5.41) is 0. The van der Waals surface area contributed by atoms with Gasteiger partial charge in [0.05, 0.1) is 0 Å². The number of ether oxygens (including phenoxy) is 1. The molecule has 0 aliphatic rings. The van der Waals surface area contributed by atoms with E-state index in [1.807, 2.05) is 6.07 Å². The van der Waals surface area contributed by atoms with Crippen molar-refractivity contribution in [2.45, 2.75) is 65.0 Å². The van der Waals surface area contributed by atoms with Gasteiger partial charge in [-0.3, -0.25) is 0 Å². The van der Waals surface area contributed by atoms with Crippen molar-refractivity contribution >= 4 is 0 Å². The highest BCUT2D eigenvalue weighted by atomic mass is 16.5. The van der Waals surface area contributed by atoms with Crippen LogP contribution in [0.2, 0.25) is 0 Å². The van der Waals surface area contributed by atoms with Gasteiger partial charge in [-0.05, 0) is 36.5 Å². The third kappa shape index (κ3) is 4.34. The largest absolute Gasteiger partial charge is 0.489 e. The van der Waals surface area contributed by atoms with Crippen molar-refractivity contribution in [2.24, 2.45) is 5.73 Å². The van der Waals surface area contributed by atoms with Gasteiger partial charge in [0.2, 0.25) is 0 Å². The van der Waals surface area contributed by atoms with Gasteiger partial charge in [-0.1, -0.05) is 46.2 Å². The Morgan fingerprint density at radius 1 is 1.22 bits per heavy atom. The van der Waals surface area contributed by atoms with Crippen molar-refractivity contribution in [1.82, 2.24) is 0 Å². The molecule has 0 heterocycles. The van der Waals surface area contributed by atoms with Crippen molar-refractivity contribution in [1.29, 1.82) is 0 Å². The van der Waals surface area contributed by atoms with Gasteiger partial charge in [0.1, 0.15) is 11.9 Å². The van der Waals surface area contributed by atoms with Crippen molar-refractivity contribution in [3.63, 3.8) is 0 Å². The highest BCUT2D eigenvalue weighted by Gasteiger charge is 2.17. The van der Waals surface area contributed by atoms with Gasteiger partial charge in [-0.15, -0.1) is 0 Å². The minimum absolute atomic E-state index is 0.118. The van der Waals surface area contributed by atoms with E-state index in [4.69, 9.17) is 10.5 Å². The second kappa shape index (κ2) is 7.42. The zero-order valence-electron chi connectivity index (χ0n) is 12.1. The average molecular weight is 249 g/mol. The zero-order valence-corrected chi connectivity index (χ0v) is 12.1. The Balaban J connectivity index is 2.72. The van der Waals surface area contributed by atoms with Crippen LogP contribution in [-0.2, 0) is 0 Å². The molecule has 2 nitrogen and oxygen atoms in total. The Morgan fingerprint density at radius 2 is 1.94 bits per heavy atom. The molecule has 0 spiro atoms. The standard InChI is InChI=1S/C16H27NO/c1-5-8-15(17)16(6-2)18-14-10-7-9-13(11-14)12(3)4/h7,9-12,15-16H,5-6,8,17H2,1-4H3. The van der Waals surface area contributed by atoms with Crippen LogP contribution in [0.3, 0.4) is 0 Å². The molecule has 1 rings (SSSR count). The Kier molecular flexibility index (Phi) is 6.20. The van der Waals surface area contributed by atoms with Crippen molar-refractivity contribution < 1.29 is 4.74 Å². The summed E-state index contributed by atoms with van der Waals surface area (Å²) in [6.45, 7) is 8.68. The predicted molar refractivity (Wildman–Crippen MR) is 78.1 cm³/mol. The molecule has 18 heavy (non-hydrogen) atoms. The van der Waals surface area contributed by atoms with Gasteiger partial charge in [0.25, 0.3) is 0 Å². The molecule has 0 fully saturated rings. The zero-order chi connectivity index (χ0) is 13.5. The van der Waals surface area contributed by atoms with Crippen LogP contribution in [-0.4, -0.2) is 12.1 Å². The number of rotatable bonds is 7. The molecular formula is C16H27NO. The average Bonchev–Trinajstić information content (AvgIpc) is 2.36. The van der Waals surface area contributed by atoms with Crippen LogP contribution in [0.4, 0.5) is 0 Å². The molecule has 1 aromatic carbocycles. The predicted octanol–water partition coefficient (Wildman–Crippen LogP) is 4.09. The van der Waals surface area contributed by atoms with E-state index in [2.05, 4.69) is 45.9 Å². The first-order valence-corrected chi connectivity index (χ1v) is 7.10. The van der Waals surface area contributed by atoms with E-state index in [0.29, 0.717) is 5.92 Å². The molecule has 1 aromatic rings. The Morgan fingerprint density at radius 3 is 2.50 bits per heavy atom. The fourth-order valence-corrected chi connectivity index (χ4v) is 2.11. The second-order valence-electron chi connectivity index (χ2n) is 5.24. The fraction of sp³-hybridized carbons (Fsp3) is 0.625. The molecule has 0 aliphatic heterocycles. The van der Waals surface area contributed by atoms with Crippen LogP contribution >= 0.6 is 0 Å². The van der Waals surface area contributed by atoms with Gasteiger partial charge in [0, 0.05) is 6.04 Å². The number of benzene rings is 1. The molecule has 2 N–H and O–H groups in total. The van der Waals surface area contributed by atoms with Crippen LogP contribution < -0.4 is 10.5 Å². The molecule has 0 aromatic heterocycles. The smallest absolute Gasteiger partial charge is 0.120 e. The maximum absolute atomic E-state index is 6.16. The highest BCUT2D eigenvalue weighted by Crippen LogP contribution is 2.22. The molecule has 2 atom stereocenters. The maximum Gasteiger partial charge on any atom is 0.120 e. The Labute approximate surface area is 112 Å². The van der Waals surface area contributed by atoms with Crippen LogP contribution in [0.1, 0.15) is 58.4 Å². The molecule has 2 heteroatoms. The van der Waals surface area contributed by atoms with Crippen molar-refractivity contribution in [3.8, 4) is 5.75 Å². The summed E-state index contributed by atoms with van der Waals surface area (Å²) in [5.74, 6) is 1.47. The number of hydrogen-bond acceptors (Lipinski definition) is 2. The Hall–Kier alpha value is -1.02. The lowest BCUT2D eigenvalue weighted by molar-refractivity contribution is 0.161. The summed E-state index contributed by atoms with van der Waals surface area (Å²) in [4.78, 5) is 0. The lowest BCUT2D eigenvalue weighted by atomic mass is 10.0. The SMILES string of the molecule is CCCC(N)C(CC)Oc1cccc(C(C)C)c1. The molecule has 0 aliphatic carbocycles. The van der Waals surface area contributed by atoms with Crippen LogP contribution in [0.15, 0.2) is 24.3 Å². The topological polar surface area (TPSA) is 35.2 Å². The fourth-order valence-electron chi connectivity index (χ4n) is 2.11. The van der Waals surface area contributed by atoms with Gasteiger partial charge in [0.15, 0.2) is 0 Å². The molecular weight excluding hydrogens is 222 g/mol. The van der Waals surface area contributed by atoms with E-state index < -0.39 is 0 Å². The minimum Gasteiger partial charge on any atom is -0.489 e. The quantitative estimate of drug-likeness (QED) is 0.789. The molecule has 102 valence electrons. The normalized spacial score (nSPS) is 14.6. The molecule has 0 bridgehead atoms. The van der Waals surface area contributed by atoms with Crippen LogP contribution in [0.5, 0.6) is 5.75 Å². The minimum atomic E-state index is 0.118. The van der Waals surface area contributed by atoms with E-state index in [1.165, 1.54) is 5.56 Å². The molecule has 0 amide bonds. The first-order valence-electron chi connectivity index (χ1n) is 7.10. The summed E-state index contributed by atoms with van der Waals surface area (Å²) < 4.78 is 6.04. The summed E-state index contributed by atoms with van der Waals surface area (Å²) in [6.07, 6.45) is 3.19. The van der Waals surface area contributed by atoms with Gasteiger partial charge in [-0.2, -0.15) is 0 Å². The Bertz CT molecular complexity index is 349. The van der Waals surface area contributed by atoms with E-state index in [-0.39, 0.29) is 12.1 Å². The molecule has 0 saturated heterocycles. The van der Waals surface area contributed by atoms with Crippen molar-refractivity contribution in [3.05, 3.63) is 29.8 Å². The van der Waals surface area contributed by atoms with E-state index >= 15 is 0 Å². The highest BCUT2D eigenvalue weighted by molar-refractivity contribution is 5.30. The summed E-state index contributed by atoms with van der Waals surface area (Å²) in [6, 6.07) is 8.48. The monoisotopic (exact) mass is 249 g/mol. The second-order valence-corrected chi connectivity index (χ2v) is 5.24. The summed E-state index contributed by atoms with van der Waals surface area (Å²) in [7, 11) is 0. The number of nitrogens with two attached hydrogens (primary N) is 1. The van der Waals surface area contributed by atoms with Gasteiger partial charge in [-0.25, -0.2) is 0 Å². The number of hydrogen-bond donors (Lipinski definition) is 1.